The lowest BCUT2D eigenvalue weighted by Crippen LogP contribution is -2.50. The van der Waals surface area contributed by atoms with Gasteiger partial charge in [-0.3, -0.25) is 9.10 Å². The minimum absolute atomic E-state index is 0.105. The lowest BCUT2D eigenvalue weighted by atomic mass is 10.2. The van der Waals surface area contributed by atoms with Gasteiger partial charge in [0.15, 0.2) is 0 Å². The molecule has 1 N–H and O–H groups in total. The summed E-state index contributed by atoms with van der Waals surface area (Å²) in [4.78, 5) is 13.2. The van der Waals surface area contributed by atoms with Gasteiger partial charge < -0.3 is 14.8 Å². The number of rotatable bonds is 12. The molecule has 0 aliphatic carbocycles. The molecular formula is C25H34ClN3O7S2. The highest BCUT2D eigenvalue weighted by Gasteiger charge is 2.32. The van der Waals surface area contributed by atoms with E-state index in [-0.39, 0.29) is 35.2 Å². The maximum absolute atomic E-state index is 13.0. The molecule has 0 radical (unpaired) electrons. The van der Waals surface area contributed by atoms with E-state index in [1.54, 1.807) is 19.1 Å². The molecule has 1 unspecified atom stereocenters. The van der Waals surface area contributed by atoms with Crippen LogP contribution in [0.4, 0.5) is 5.69 Å². The van der Waals surface area contributed by atoms with Crippen LogP contribution in [0.3, 0.4) is 0 Å². The SMILES string of the molecule is CCC(C(=O)NCCOc1ccc(S(=O)(=O)N2CCCCC2)cc1)N(c1ccc(OC)c(Cl)c1)S(C)(=O)=O. The number of carbonyl (C=O) groups excluding carboxylic acids is 1. The minimum Gasteiger partial charge on any atom is -0.495 e. The molecule has 2 aromatic rings. The lowest BCUT2D eigenvalue weighted by Gasteiger charge is -2.30. The molecule has 0 saturated carbocycles. The Kier molecular flexibility index (Phi) is 10.3. The Morgan fingerprint density at radius 3 is 2.29 bits per heavy atom. The fourth-order valence-corrected chi connectivity index (χ4v) is 7.25. The molecule has 2 aromatic carbocycles. The third kappa shape index (κ3) is 7.31. The molecule has 1 atom stereocenters. The number of anilines is 1. The monoisotopic (exact) mass is 587 g/mol. The van der Waals surface area contributed by atoms with Crippen molar-refractivity contribution < 1.29 is 31.1 Å². The molecule has 3 rings (SSSR count). The summed E-state index contributed by atoms with van der Waals surface area (Å²) < 4.78 is 64.1. The third-order valence-corrected chi connectivity index (χ3v) is 9.55. The van der Waals surface area contributed by atoms with Crippen LogP contribution < -0.4 is 19.1 Å². The van der Waals surface area contributed by atoms with Crippen molar-refractivity contribution in [3.8, 4) is 11.5 Å². The highest BCUT2D eigenvalue weighted by atomic mass is 35.5. The average Bonchev–Trinajstić information content (AvgIpc) is 2.89. The van der Waals surface area contributed by atoms with Crippen LogP contribution in [0.1, 0.15) is 32.6 Å². The molecule has 38 heavy (non-hydrogen) atoms. The molecule has 1 amide bonds. The summed E-state index contributed by atoms with van der Waals surface area (Å²) in [5.74, 6) is 0.349. The zero-order chi connectivity index (χ0) is 27.9. The topological polar surface area (TPSA) is 122 Å². The number of nitrogens with one attached hydrogen (secondary N) is 1. The minimum atomic E-state index is -3.82. The molecule has 210 valence electrons. The molecule has 1 saturated heterocycles. The van der Waals surface area contributed by atoms with E-state index in [0.29, 0.717) is 24.6 Å². The standard InChI is InChI=1S/C25H34ClN3O7S2/c1-4-23(29(37(3,31)32)19-8-13-24(35-2)22(26)18-19)25(30)27-14-17-36-20-9-11-21(12-10-20)38(33,34)28-15-6-5-7-16-28/h8-13,18,23H,4-7,14-17H2,1-3H3,(H,27,30). The zero-order valence-corrected chi connectivity index (χ0v) is 24.1. The van der Waals surface area contributed by atoms with Crippen molar-refractivity contribution in [3.05, 3.63) is 47.5 Å². The summed E-state index contributed by atoms with van der Waals surface area (Å²) >= 11 is 6.19. The van der Waals surface area contributed by atoms with E-state index in [1.165, 1.54) is 41.7 Å². The van der Waals surface area contributed by atoms with Crippen molar-refractivity contribution in [2.45, 2.75) is 43.5 Å². The van der Waals surface area contributed by atoms with E-state index in [9.17, 15) is 21.6 Å². The van der Waals surface area contributed by atoms with Gasteiger partial charge in [-0.1, -0.05) is 24.9 Å². The van der Waals surface area contributed by atoms with E-state index in [4.69, 9.17) is 21.1 Å². The number of hydrogen-bond donors (Lipinski definition) is 1. The fourth-order valence-electron chi connectivity index (χ4n) is 4.28. The van der Waals surface area contributed by atoms with Gasteiger partial charge in [-0.2, -0.15) is 4.31 Å². The number of nitrogens with zero attached hydrogens (tertiary/aromatic N) is 2. The molecule has 0 spiro atoms. The summed E-state index contributed by atoms with van der Waals surface area (Å²) in [5, 5.41) is 2.93. The van der Waals surface area contributed by atoms with Gasteiger partial charge in [0.1, 0.15) is 24.1 Å². The highest BCUT2D eigenvalue weighted by molar-refractivity contribution is 7.92. The number of sulfonamides is 2. The van der Waals surface area contributed by atoms with Crippen molar-refractivity contribution in [3.63, 3.8) is 0 Å². The van der Waals surface area contributed by atoms with Gasteiger partial charge in [0, 0.05) is 13.1 Å². The van der Waals surface area contributed by atoms with Crippen molar-refractivity contribution in [1.82, 2.24) is 9.62 Å². The highest BCUT2D eigenvalue weighted by Crippen LogP contribution is 2.32. The predicted molar refractivity (Wildman–Crippen MR) is 147 cm³/mol. The molecule has 10 nitrogen and oxygen atoms in total. The Morgan fingerprint density at radius 2 is 1.74 bits per heavy atom. The van der Waals surface area contributed by atoms with Gasteiger partial charge in [-0.05, 0) is 61.7 Å². The van der Waals surface area contributed by atoms with Crippen LogP contribution in [-0.2, 0) is 24.8 Å². The van der Waals surface area contributed by atoms with Crippen molar-refractivity contribution in [1.29, 1.82) is 0 Å². The second kappa shape index (κ2) is 13.0. The molecule has 1 heterocycles. The van der Waals surface area contributed by atoms with E-state index < -0.39 is 32.0 Å². The van der Waals surface area contributed by atoms with Crippen LogP contribution in [0.15, 0.2) is 47.4 Å². The summed E-state index contributed by atoms with van der Waals surface area (Å²) in [6, 6.07) is 9.67. The second-order valence-electron chi connectivity index (χ2n) is 8.88. The number of benzene rings is 2. The number of hydrogen-bond acceptors (Lipinski definition) is 7. The first-order valence-corrected chi connectivity index (χ1v) is 16.0. The molecule has 0 aromatic heterocycles. The summed E-state index contributed by atoms with van der Waals surface area (Å²) in [7, 11) is -5.90. The first kappa shape index (κ1) is 30.0. The van der Waals surface area contributed by atoms with Gasteiger partial charge in [0.2, 0.25) is 26.0 Å². The van der Waals surface area contributed by atoms with Gasteiger partial charge >= 0.3 is 0 Å². The largest absolute Gasteiger partial charge is 0.495 e. The summed E-state index contributed by atoms with van der Waals surface area (Å²) in [6.45, 7) is 2.99. The van der Waals surface area contributed by atoms with Gasteiger partial charge in [0.25, 0.3) is 0 Å². The Balaban J connectivity index is 1.59. The van der Waals surface area contributed by atoms with Crippen LogP contribution in [0.25, 0.3) is 0 Å². The van der Waals surface area contributed by atoms with Crippen LogP contribution in [0.2, 0.25) is 5.02 Å². The number of amides is 1. The number of carbonyl (C=O) groups is 1. The van der Waals surface area contributed by atoms with Gasteiger partial charge in [-0.25, -0.2) is 16.8 Å². The Bertz CT molecular complexity index is 1310. The first-order valence-electron chi connectivity index (χ1n) is 12.3. The first-order chi connectivity index (χ1) is 18.0. The molecule has 13 heteroatoms. The van der Waals surface area contributed by atoms with Crippen LogP contribution in [-0.4, -0.2) is 72.7 Å². The third-order valence-electron chi connectivity index (χ3n) is 6.17. The second-order valence-corrected chi connectivity index (χ2v) is 13.1. The predicted octanol–water partition coefficient (Wildman–Crippen LogP) is 3.26. The molecule has 1 fully saturated rings. The fraction of sp³-hybridized carbons (Fsp3) is 0.480. The number of halogens is 1. The Morgan fingerprint density at radius 1 is 1.08 bits per heavy atom. The quantitative estimate of drug-likeness (QED) is 0.378. The van der Waals surface area contributed by atoms with Crippen LogP contribution in [0, 0.1) is 0 Å². The summed E-state index contributed by atoms with van der Waals surface area (Å²) in [6.07, 6.45) is 4.01. The lowest BCUT2D eigenvalue weighted by molar-refractivity contribution is -0.122. The Labute approximate surface area is 230 Å². The number of piperidine rings is 1. The molecular weight excluding hydrogens is 554 g/mol. The Hall–Kier alpha value is -2.54. The normalized spacial score (nSPS) is 15.5. The van der Waals surface area contributed by atoms with Crippen molar-refractivity contribution in [2.24, 2.45) is 0 Å². The smallest absolute Gasteiger partial charge is 0.244 e. The van der Waals surface area contributed by atoms with Gasteiger partial charge in [-0.15, -0.1) is 0 Å². The molecule has 0 bridgehead atoms. The zero-order valence-electron chi connectivity index (χ0n) is 21.7. The van der Waals surface area contributed by atoms with E-state index in [1.807, 2.05) is 0 Å². The van der Waals surface area contributed by atoms with Crippen LogP contribution >= 0.6 is 11.6 Å². The van der Waals surface area contributed by atoms with Crippen molar-refractivity contribution >= 4 is 43.2 Å². The van der Waals surface area contributed by atoms with Crippen LogP contribution in [0.5, 0.6) is 11.5 Å². The summed E-state index contributed by atoms with van der Waals surface area (Å²) in [5.41, 5.74) is 0.246. The maximum Gasteiger partial charge on any atom is 0.244 e. The number of methoxy groups -OCH3 is 1. The van der Waals surface area contributed by atoms with Crippen molar-refractivity contribution in [2.75, 3.05) is 43.9 Å². The van der Waals surface area contributed by atoms with Gasteiger partial charge in [0.05, 0.1) is 35.5 Å². The van der Waals surface area contributed by atoms with E-state index >= 15 is 0 Å². The molecule has 1 aliphatic heterocycles. The number of ether oxygens (including phenoxy) is 2. The molecule has 1 aliphatic rings. The van der Waals surface area contributed by atoms with E-state index in [2.05, 4.69) is 5.32 Å². The average molecular weight is 588 g/mol. The van der Waals surface area contributed by atoms with E-state index in [0.717, 1.165) is 29.8 Å². The maximum atomic E-state index is 13.0.